The average Bonchev–Trinajstić information content (AvgIpc) is 2.73. The van der Waals surface area contributed by atoms with E-state index in [0.29, 0.717) is 5.56 Å². The molecule has 2 N–H and O–H groups in total. The van der Waals surface area contributed by atoms with Crippen molar-refractivity contribution >= 4 is 29.2 Å². The molecule has 0 bridgehead atoms. The number of carboxylic acid groups (broad SMARTS) is 1. The van der Waals surface area contributed by atoms with E-state index in [9.17, 15) is 27.9 Å². The van der Waals surface area contributed by atoms with Crippen molar-refractivity contribution < 1.29 is 27.9 Å². The van der Waals surface area contributed by atoms with Crippen LogP contribution in [0.1, 0.15) is 57.2 Å². The van der Waals surface area contributed by atoms with Crippen molar-refractivity contribution in [2.75, 3.05) is 5.32 Å². The molecule has 0 saturated heterocycles. The Morgan fingerprint density at radius 2 is 1.59 bits per heavy atom. The van der Waals surface area contributed by atoms with Gasteiger partial charge >= 0.3 is 12.1 Å². The predicted octanol–water partition coefficient (Wildman–Crippen LogP) is 7.11. The van der Waals surface area contributed by atoms with Gasteiger partial charge < -0.3 is 10.4 Å². The number of carbonyl (C=O) groups excluding carboxylic acids is 1. The molecule has 0 heterocycles. The predicted molar refractivity (Wildman–Crippen MR) is 128 cm³/mol. The summed E-state index contributed by atoms with van der Waals surface area (Å²) >= 11 is 6.24. The lowest BCUT2D eigenvalue weighted by Crippen LogP contribution is -2.34. The lowest BCUT2D eigenvalue weighted by molar-refractivity contribution is -0.178. The zero-order chi connectivity index (χ0) is 25.8. The Balaban J connectivity index is 2.39. The molecule has 34 heavy (non-hydrogen) atoms. The molecule has 0 aliphatic carbocycles. The number of halogens is 4. The van der Waals surface area contributed by atoms with E-state index in [1.165, 1.54) is 12.1 Å². The van der Waals surface area contributed by atoms with E-state index in [4.69, 9.17) is 11.6 Å². The molecular weight excluding hydrogens is 467 g/mol. The minimum absolute atomic E-state index is 0.145. The normalized spacial score (nSPS) is 14.9. The van der Waals surface area contributed by atoms with Gasteiger partial charge in [0.15, 0.2) is 0 Å². The number of hydrogen-bond acceptors (Lipinski definition) is 2. The second kappa shape index (κ2) is 10.8. The van der Waals surface area contributed by atoms with Gasteiger partial charge in [-0.3, -0.25) is 9.59 Å². The number of alkyl halides is 3. The Morgan fingerprint density at radius 3 is 2.06 bits per heavy atom. The second-order valence-corrected chi connectivity index (χ2v) is 10.1. The third-order valence-electron chi connectivity index (χ3n) is 6.12. The Kier molecular flexibility index (Phi) is 8.81. The molecule has 0 aliphatic heterocycles. The van der Waals surface area contributed by atoms with Crippen LogP contribution in [-0.2, 0) is 22.4 Å². The number of aliphatic carboxylic acids is 1. The summed E-state index contributed by atoms with van der Waals surface area (Å²) in [6.07, 6.45) is -3.68. The van der Waals surface area contributed by atoms with Gasteiger partial charge in [-0.25, -0.2) is 0 Å². The molecule has 0 aromatic heterocycles. The topological polar surface area (TPSA) is 66.4 Å². The van der Waals surface area contributed by atoms with Crippen molar-refractivity contribution in [1.29, 1.82) is 0 Å². The number of aryl methyl sites for hydroxylation is 1. The number of anilines is 1. The number of carbonyl (C=O) groups is 2. The zero-order valence-electron chi connectivity index (χ0n) is 20.0. The number of benzene rings is 2. The zero-order valence-corrected chi connectivity index (χ0v) is 20.7. The molecule has 186 valence electrons. The van der Waals surface area contributed by atoms with Crippen molar-refractivity contribution in [3.8, 4) is 0 Å². The first kappa shape index (κ1) is 27.7. The van der Waals surface area contributed by atoms with Crippen LogP contribution in [0.15, 0.2) is 42.5 Å². The number of nitrogens with one attached hydrogen (secondary N) is 1. The first-order valence-corrected chi connectivity index (χ1v) is 11.5. The lowest BCUT2D eigenvalue weighted by atomic mass is 9.77. The summed E-state index contributed by atoms with van der Waals surface area (Å²) in [4.78, 5) is 24.9. The summed E-state index contributed by atoms with van der Waals surface area (Å²) in [5.41, 5.74) is 1.43. The van der Waals surface area contributed by atoms with E-state index in [1.807, 2.05) is 27.7 Å². The molecule has 0 radical (unpaired) electrons. The minimum Gasteiger partial charge on any atom is -0.481 e. The van der Waals surface area contributed by atoms with Crippen LogP contribution in [0.5, 0.6) is 0 Å². The van der Waals surface area contributed by atoms with E-state index >= 15 is 0 Å². The van der Waals surface area contributed by atoms with Crippen LogP contribution in [0, 0.1) is 17.3 Å². The fourth-order valence-corrected chi connectivity index (χ4v) is 3.99. The number of carboxylic acids is 1. The van der Waals surface area contributed by atoms with Crippen molar-refractivity contribution in [2.24, 2.45) is 17.3 Å². The maximum atomic E-state index is 13.6. The van der Waals surface area contributed by atoms with Crippen molar-refractivity contribution in [1.82, 2.24) is 0 Å². The molecule has 4 nitrogen and oxygen atoms in total. The third kappa shape index (κ3) is 6.98. The summed E-state index contributed by atoms with van der Waals surface area (Å²) in [5.74, 6) is -5.90. The molecule has 3 atom stereocenters. The van der Waals surface area contributed by atoms with E-state index in [-0.39, 0.29) is 22.7 Å². The quantitative estimate of drug-likeness (QED) is 0.408. The first-order chi connectivity index (χ1) is 15.6. The molecule has 1 amide bonds. The van der Waals surface area contributed by atoms with Crippen molar-refractivity contribution in [3.05, 3.63) is 64.2 Å². The van der Waals surface area contributed by atoms with Gasteiger partial charge in [0, 0.05) is 0 Å². The summed E-state index contributed by atoms with van der Waals surface area (Å²) in [7, 11) is 0. The third-order valence-corrected chi connectivity index (χ3v) is 6.45. The van der Waals surface area contributed by atoms with Crippen LogP contribution in [0.25, 0.3) is 0 Å². The minimum atomic E-state index is -4.58. The number of rotatable bonds is 8. The molecule has 0 aliphatic rings. The molecule has 0 spiro atoms. The highest BCUT2D eigenvalue weighted by molar-refractivity contribution is 6.33. The largest absolute Gasteiger partial charge is 0.481 e. The van der Waals surface area contributed by atoms with Crippen LogP contribution in [0.2, 0.25) is 5.02 Å². The molecule has 8 heteroatoms. The number of amides is 1. The van der Waals surface area contributed by atoms with E-state index in [2.05, 4.69) is 5.32 Å². The monoisotopic (exact) mass is 497 g/mol. The van der Waals surface area contributed by atoms with E-state index < -0.39 is 41.2 Å². The van der Waals surface area contributed by atoms with Crippen molar-refractivity contribution in [3.63, 3.8) is 0 Å². The van der Waals surface area contributed by atoms with Gasteiger partial charge in [0.25, 0.3) is 0 Å². The SMILES string of the molecule is CCc1ccc([C@@H](C(=O)Nc2cc(CC(C(=O)O)C(C)(C)C)ccc2Cl)[C@@H](C)C(F)(F)F)cc1. The Bertz CT molecular complexity index is 1010. The van der Waals surface area contributed by atoms with Gasteiger partial charge in [-0.2, -0.15) is 13.2 Å². The van der Waals surface area contributed by atoms with Gasteiger partial charge in [0.05, 0.1) is 28.5 Å². The Hall–Kier alpha value is -2.54. The maximum Gasteiger partial charge on any atom is 0.392 e. The van der Waals surface area contributed by atoms with Gasteiger partial charge in [-0.15, -0.1) is 0 Å². The second-order valence-electron chi connectivity index (χ2n) is 9.67. The smallest absolute Gasteiger partial charge is 0.392 e. The molecule has 2 aromatic carbocycles. The maximum absolute atomic E-state index is 13.6. The van der Waals surface area contributed by atoms with Crippen LogP contribution in [0.3, 0.4) is 0 Å². The molecular formula is C26H31ClF3NO3. The summed E-state index contributed by atoms with van der Waals surface area (Å²) in [6, 6.07) is 11.2. The fourth-order valence-electron chi connectivity index (χ4n) is 3.82. The highest BCUT2D eigenvalue weighted by Crippen LogP contribution is 2.39. The Labute approximate surface area is 203 Å². The molecule has 1 unspecified atom stereocenters. The van der Waals surface area contributed by atoms with Crippen LogP contribution in [-0.4, -0.2) is 23.2 Å². The van der Waals surface area contributed by atoms with Gasteiger partial charge in [-0.05, 0) is 47.1 Å². The summed E-state index contributed by atoms with van der Waals surface area (Å²) in [5, 5.41) is 12.3. The Morgan fingerprint density at radius 1 is 1.03 bits per heavy atom. The molecule has 0 fully saturated rings. The first-order valence-electron chi connectivity index (χ1n) is 11.1. The standard InChI is InChI=1S/C26H31ClF3NO3/c1-6-16-7-10-18(11-8-16)22(15(2)26(28,29)30)23(32)31-21-14-17(9-12-20(21)27)13-19(24(33)34)25(3,4)5/h7-12,14-15,19,22H,6,13H2,1-5H3,(H,31,32)(H,33,34)/t15-,19?,22+/m1/s1. The molecule has 0 saturated carbocycles. The number of hydrogen-bond donors (Lipinski definition) is 2. The fraction of sp³-hybridized carbons (Fsp3) is 0.462. The lowest BCUT2D eigenvalue weighted by Gasteiger charge is -2.28. The van der Waals surface area contributed by atoms with Gasteiger partial charge in [0.2, 0.25) is 5.91 Å². The highest BCUT2D eigenvalue weighted by Gasteiger charge is 2.45. The van der Waals surface area contributed by atoms with Crippen molar-refractivity contribution in [2.45, 2.75) is 59.6 Å². The van der Waals surface area contributed by atoms with Crippen LogP contribution < -0.4 is 5.32 Å². The van der Waals surface area contributed by atoms with E-state index in [0.717, 1.165) is 18.9 Å². The van der Waals surface area contributed by atoms with Gasteiger partial charge in [-0.1, -0.05) is 76.6 Å². The van der Waals surface area contributed by atoms with Crippen LogP contribution >= 0.6 is 11.6 Å². The van der Waals surface area contributed by atoms with Crippen LogP contribution in [0.4, 0.5) is 18.9 Å². The van der Waals surface area contributed by atoms with E-state index in [1.54, 1.807) is 30.3 Å². The average molecular weight is 498 g/mol. The summed E-state index contributed by atoms with van der Waals surface area (Å²) in [6.45, 7) is 8.36. The van der Waals surface area contributed by atoms with Gasteiger partial charge in [0.1, 0.15) is 0 Å². The molecule has 2 rings (SSSR count). The highest BCUT2D eigenvalue weighted by atomic mass is 35.5. The molecule has 2 aromatic rings. The summed E-state index contributed by atoms with van der Waals surface area (Å²) < 4.78 is 40.9.